The van der Waals surface area contributed by atoms with Gasteiger partial charge in [-0.3, -0.25) is 14.5 Å². The predicted octanol–water partition coefficient (Wildman–Crippen LogP) is 3.76. The zero-order chi connectivity index (χ0) is 24.8. The molecule has 4 rings (SSSR count). The number of fused-ring (bicyclic) bond motifs is 1. The Bertz CT molecular complexity index is 1310. The first-order valence-electron chi connectivity index (χ1n) is 10.9. The summed E-state index contributed by atoms with van der Waals surface area (Å²) in [5, 5.41) is 11.5. The molecule has 4 aromatic rings. The van der Waals surface area contributed by atoms with E-state index in [4.69, 9.17) is 16.3 Å². The maximum absolute atomic E-state index is 13.8. The third-order valence-corrected chi connectivity index (χ3v) is 5.63. The molecule has 1 N–H and O–H groups in total. The van der Waals surface area contributed by atoms with Gasteiger partial charge in [0.05, 0.1) is 12.1 Å². The van der Waals surface area contributed by atoms with Gasteiger partial charge in [0, 0.05) is 24.4 Å². The molecule has 0 aliphatic heterocycles. The van der Waals surface area contributed by atoms with Gasteiger partial charge in [-0.2, -0.15) is 0 Å². The molecule has 0 saturated heterocycles. The van der Waals surface area contributed by atoms with E-state index in [2.05, 4.69) is 15.6 Å². The summed E-state index contributed by atoms with van der Waals surface area (Å²) in [7, 11) is 1.52. The molecule has 3 aromatic carbocycles. The highest BCUT2D eigenvalue weighted by atomic mass is 35.5. The molecule has 0 fully saturated rings. The Labute approximate surface area is 206 Å². The number of ether oxygens (including phenoxy) is 1. The van der Waals surface area contributed by atoms with E-state index in [9.17, 15) is 14.0 Å². The van der Waals surface area contributed by atoms with E-state index in [1.165, 1.54) is 41.0 Å². The molecule has 0 saturated carbocycles. The number of carbonyl (C=O) groups is 2. The number of para-hydroxylation sites is 1. The Balaban J connectivity index is 1.76. The van der Waals surface area contributed by atoms with Crippen molar-refractivity contribution in [2.75, 3.05) is 25.2 Å². The number of benzene rings is 3. The fourth-order valence-electron chi connectivity index (χ4n) is 3.71. The number of halogens is 2. The number of hydrogen-bond donors (Lipinski definition) is 1. The number of carbonyl (C=O) groups excluding carboxylic acids is 2. The monoisotopic (exact) mass is 495 g/mol. The fourth-order valence-corrected chi connectivity index (χ4v) is 3.84. The summed E-state index contributed by atoms with van der Waals surface area (Å²) < 4.78 is 20.2. The minimum absolute atomic E-state index is 0.174. The minimum Gasteiger partial charge on any atom is -0.383 e. The quantitative estimate of drug-likeness (QED) is 0.357. The zero-order valence-electron chi connectivity index (χ0n) is 18.9. The summed E-state index contributed by atoms with van der Waals surface area (Å²) in [6.45, 7) is 0.358. The van der Waals surface area contributed by atoms with Crippen LogP contribution in [0.1, 0.15) is 11.6 Å². The highest BCUT2D eigenvalue weighted by Crippen LogP contribution is 2.30. The van der Waals surface area contributed by atoms with Gasteiger partial charge in [0.25, 0.3) is 0 Å². The largest absolute Gasteiger partial charge is 0.383 e. The Morgan fingerprint density at radius 3 is 2.51 bits per heavy atom. The van der Waals surface area contributed by atoms with Gasteiger partial charge in [0.1, 0.15) is 23.9 Å². The third kappa shape index (κ3) is 5.64. The van der Waals surface area contributed by atoms with E-state index in [0.717, 1.165) is 0 Å². The Morgan fingerprint density at radius 2 is 1.80 bits per heavy atom. The van der Waals surface area contributed by atoms with Gasteiger partial charge in [-0.15, -0.1) is 5.10 Å². The number of hydrogen-bond acceptors (Lipinski definition) is 5. The predicted molar refractivity (Wildman–Crippen MR) is 130 cm³/mol. The number of rotatable bonds is 9. The molecule has 35 heavy (non-hydrogen) atoms. The Hall–Kier alpha value is -3.82. The van der Waals surface area contributed by atoms with Crippen LogP contribution in [0, 0.1) is 5.82 Å². The Morgan fingerprint density at radius 1 is 1.09 bits per heavy atom. The number of anilines is 1. The number of nitrogens with one attached hydrogen (secondary N) is 1. The number of methoxy groups -OCH3 is 1. The summed E-state index contributed by atoms with van der Waals surface area (Å²) in [5.41, 5.74) is 2.21. The molecular weight excluding hydrogens is 473 g/mol. The molecule has 180 valence electrons. The number of nitrogens with zero attached hydrogens (tertiary/aromatic N) is 4. The lowest BCUT2D eigenvalue weighted by molar-refractivity contribution is -0.127. The molecular formula is C25H23ClFN5O3. The van der Waals surface area contributed by atoms with Crippen LogP contribution in [0.3, 0.4) is 0 Å². The molecule has 1 heterocycles. The van der Waals surface area contributed by atoms with Gasteiger partial charge in [-0.1, -0.05) is 41.1 Å². The standard InChI is InChI=1S/C25H23ClFN5O3/c1-35-15-14-28-25(34)24(17-6-10-19(27)11-7-17)32(20-12-8-18(26)9-13-20)23(33)16-31-22-5-3-2-4-21(22)29-30-31/h2-13,24H,14-16H2,1H3,(H,28,34). The molecule has 1 atom stereocenters. The summed E-state index contributed by atoms with van der Waals surface area (Å²) in [5.74, 6) is -1.31. The molecule has 2 amide bonds. The van der Waals surface area contributed by atoms with Gasteiger partial charge in [-0.25, -0.2) is 9.07 Å². The van der Waals surface area contributed by atoms with Crippen LogP contribution in [0.15, 0.2) is 72.8 Å². The Kier molecular flexibility index (Phi) is 7.69. The first kappa shape index (κ1) is 24.3. The lowest BCUT2D eigenvalue weighted by atomic mass is 10.0. The van der Waals surface area contributed by atoms with Gasteiger partial charge in [0.15, 0.2) is 0 Å². The summed E-state index contributed by atoms with van der Waals surface area (Å²) in [6.07, 6.45) is 0. The van der Waals surface area contributed by atoms with Crippen molar-refractivity contribution in [2.45, 2.75) is 12.6 Å². The molecule has 8 nitrogen and oxygen atoms in total. The molecule has 0 spiro atoms. The lowest BCUT2D eigenvalue weighted by Crippen LogP contribution is -2.46. The molecule has 10 heteroatoms. The highest BCUT2D eigenvalue weighted by Gasteiger charge is 2.33. The van der Waals surface area contributed by atoms with E-state index in [-0.39, 0.29) is 13.1 Å². The summed E-state index contributed by atoms with van der Waals surface area (Å²) in [6, 6.07) is 18.2. The topological polar surface area (TPSA) is 89.4 Å². The van der Waals surface area contributed by atoms with Crippen LogP contribution >= 0.6 is 11.6 Å². The first-order valence-corrected chi connectivity index (χ1v) is 11.2. The van der Waals surface area contributed by atoms with Crippen molar-refractivity contribution in [3.8, 4) is 0 Å². The molecule has 0 aliphatic carbocycles. The first-order chi connectivity index (χ1) is 17.0. The maximum atomic E-state index is 13.8. The van der Waals surface area contributed by atoms with E-state index in [1.807, 2.05) is 18.2 Å². The van der Waals surface area contributed by atoms with Crippen molar-refractivity contribution in [2.24, 2.45) is 0 Å². The number of aromatic nitrogens is 3. The van der Waals surface area contributed by atoms with E-state index < -0.39 is 23.7 Å². The average Bonchev–Trinajstić information content (AvgIpc) is 3.27. The second-order valence-electron chi connectivity index (χ2n) is 7.71. The lowest BCUT2D eigenvalue weighted by Gasteiger charge is -2.31. The van der Waals surface area contributed by atoms with Crippen LogP contribution in [0.4, 0.5) is 10.1 Å². The molecule has 0 aliphatic rings. The van der Waals surface area contributed by atoms with Crippen molar-refractivity contribution in [3.63, 3.8) is 0 Å². The average molecular weight is 496 g/mol. The van der Waals surface area contributed by atoms with Crippen LogP contribution in [0.5, 0.6) is 0 Å². The third-order valence-electron chi connectivity index (χ3n) is 5.38. The van der Waals surface area contributed by atoms with Crippen molar-refractivity contribution in [3.05, 3.63) is 89.2 Å². The van der Waals surface area contributed by atoms with Crippen LogP contribution in [-0.2, 0) is 20.9 Å². The van der Waals surface area contributed by atoms with Crippen molar-refractivity contribution < 1.29 is 18.7 Å². The van der Waals surface area contributed by atoms with Gasteiger partial charge < -0.3 is 10.1 Å². The maximum Gasteiger partial charge on any atom is 0.249 e. The summed E-state index contributed by atoms with van der Waals surface area (Å²) in [4.78, 5) is 28.5. The second-order valence-corrected chi connectivity index (χ2v) is 8.15. The fraction of sp³-hybridized carbons (Fsp3) is 0.200. The van der Waals surface area contributed by atoms with Gasteiger partial charge in [0.2, 0.25) is 11.8 Å². The number of amides is 2. The van der Waals surface area contributed by atoms with Crippen LogP contribution in [0.2, 0.25) is 5.02 Å². The van der Waals surface area contributed by atoms with Crippen LogP contribution in [-0.4, -0.2) is 47.1 Å². The summed E-state index contributed by atoms with van der Waals surface area (Å²) >= 11 is 6.08. The second kappa shape index (κ2) is 11.1. The molecule has 0 bridgehead atoms. The van der Waals surface area contributed by atoms with Crippen LogP contribution in [0.25, 0.3) is 11.0 Å². The molecule has 1 unspecified atom stereocenters. The zero-order valence-corrected chi connectivity index (χ0v) is 19.7. The SMILES string of the molecule is COCCNC(=O)C(c1ccc(F)cc1)N(C(=O)Cn1nnc2ccccc21)c1ccc(Cl)cc1. The molecule has 0 radical (unpaired) electrons. The van der Waals surface area contributed by atoms with Gasteiger partial charge in [-0.05, 0) is 54.1 Å². The smallest absolute Gasteiger partial charge is 0.249 e. The van der Waals surface area contributed by atoms with Crippen LogP contribution < -0.4 is 10.2 Å². The minimum atomic E-state index is -1.09. The van der Waals surface area contributed by atoms with Gasteiger partial charge >= 0.3 is 0 Å². The van der Waals surface area contributed by atoms with E-state index in [0.29, 0.717) is 33.9 Å². The van der Waals surface area contributed by atoms with Crippen molar-refractivity contribution in [1.82, 2.24) is 20.3 Å². The van der Waals surface area contributed by atoms with E-state index in [1.54, 1.807) is 30.3 Å². The van der Waals surface area contributed by atoms with E-state index >= 15 is 0 Å². The van der Waals surface area contributed by atoms with Crippen molar-refractivity contribution >= 4 is 40.1 Å². The van der Waals surface area contributed by atoms with Crippen molar-refractivity contribution in [1.29, 1.82) is 0 Å². The highest BCUT2D eigenvalue weighted by molar-refractivity contribution is 6.30. The normalized spacial score (nSPS) is 11.9. The molecule has 1 aromatic heterocycles.